The Morgan fingerprint density at radius 2 is 1.88 bits per heavy atom. The van der Waals surface area contributed by atoms with Crippen molar-refractivity contribution in [3.8, 4) is 18.1 Å². The van der Waals surface area contributed by atoms with Crippen LogP contribution in [0.4, 0.5) is 0 Å². The average molecular weight is 472 g/mol. The standard InChI is InChI=1S/C22H27NO.C4H6O6/c1-3-16(2)9-12-23-13-11-22-10-5-4-6-19(22)21(23)14-17-7-8-18(24)15-20(17)22;5-1(3(7)8)2(6)4(9)10/h1,7-9,15,19,21,24H,4-6,10-14H2,2H3;1-2,5-6H,(H,7,8)(H,9,10)/b16-9+;/t19-,21-,22+;1-,2-/m01/s1. The van der Waals surface area contributed by atoms with E-state index in [-0.39, 0.29) is 0 Å². The predicted octanol–water partition coefficient (Wildman–Crippen LogP) is 1.91. The molecule has 34 heavy (non-hydrogen) atoms. The third kappa shape index (κ3) is 5.12. The molecule has 1 heterocycles. The number of aliphatic hydroxyl groups excluding tert-OH is 2. The Labute approximate surface area is 199 Å². The molecule has 1 aliphatic heterocycles. The SMILES string of the molecule is C#C/C(C)=C/CN1CC[C@]23CCCC[C@H]2[C@@H]1Cc1ccc(O)cc13.O=C(O)[C@H](O)[C@@H](O)C(=O)O. The Morgan fingerprint density at radius 3 is 2.50 bits per heavy atom. The third-order valence-electron chi connectivity index (χ3n) is 7.60. The fourth-order valence-electron chi connectivity index (χ4n) is 5.88. The molecule has 0 radical (unpaired) electrons. The van der Waals surface area contributed by atoms with Crippen LogP contribution in [0.5, 0.6) is 5.75 Å². The number of benzene rings is 1. The van der Waals surface area contributed by atoms with E-state index < -0.39 is 24.1 Å². The van der Waals surface area contributed by atoms with Crippen LogP contribution in [-0.2, 0) is 21.4 Å². The van der Waals surface area contributed by atoms with Gasteiger partial charge in [-0.05, 0) is 73.9 Å². The summed E-state index contributed by atoms with van der Waals surface area (Å²) in [6, 6.07) is 6.72. The second-order valence-corrected chi connectivity index (χ2v) is 9.46. The lowest BCUT2D eigenvalue weighted by molar-refractivity contribution is -0.165. The molecule has 184 valence electrons. The molecule has 0 amide bonds. The van der Waals surface area contributed by atoms with Gasteiger partial charge >= 0.3 is 11.9 Å². The van der Waals surface area contributed by atoms with Gasteiger partial charge in [0.25, 0.3) is 0 Å². The number of phenolic OH excluding ortho intramolecular Hbond substituents is 1. The van der Waals surface area contributed by atoms with Crippen LogP contribution >= 0.6 is 0 Å². The van der Waals surface area contributed by atoms with E-state index >= 15 is 0 Å². The summed E-state index contributed by atoms with van der Waals surface area (Å²) < 4.78 is 0. The lowest BCUT2D eigenvalue weighted by Crippen LogP contribution is -2.60. The number of rotatable bonds is 5. The number of fused-ring (bicyclic) bond motifs is 1. The average Bonchev–Trinajstić information content (AvgIpc) is 2.83. The number of carboxylic acid groups (broad SMARTS) is 2. The third-order valence-corrected chi connectivity index (χ3v) is 7.60. The number of allylic oxidation sites excluding steroid dienone is 1. The number of aliphatic carboxylic acids is 2. The molecule has 1 aromatic carbocycles. The summed E-state index contributed by atoms with van der Waals surface area (Å²) in [5.74, 6) is 0.368. The number of aliphatic hydroxyl groups is 2. The van der Waals surface area contributed by atoms with E-state index in [4.69, 9.17) is 26.8 Å². The van der Waals surface area contributed by atoms with Gasteiger partial charge in [0.2, 0.25) is 0 Å². The molecular formula is C26H33NO7. The molecule has 4 rings (SSSR count). The Hall–Kier alpha value is -2.86. The van der Waals surface area contributed by atoms with Gasteiger partial charge in [0.1, 0.15) is 5.75 Å². The van der Waals surface area contributed by atoms with Crippen LogP contribution in [0.15, 0.2) is 29.8 Å². The predicted molar refractivity (Wildman–Crippen MR) is 125 cm³/mol. The van der Waals surface area contributed by atoms with Gasteiger partial charge in [0, 0.05) is 18.0 Å². The molecule has 8 heteroatoms. The number of piperidine rings is 1. The molecule has 0 aromatic heterocycles. The van der Waals surface area contributed by atoms with Gasteiger partial charge in [-0.15, -0.1) is 6.42 Å². The van der Waals surface area contributed by atoms with E-state index in [9.17, 15) is 14.7 Å². The summed E-state index contributed by atoms with van der Waals surface area (Å²) in [5, 5.41) is 42.6. The van der Waals surface area contributed by atoms with Gasteiger partial charge in [-0.1, -0.05) is 30.9 Å². The van der Waals surface area contributed by atoms with Crippen LogP contribution < -0.4 is 0 Å². The number of likely N-dealkylation sites (tertiary alicyclic amines) is 1. The van der Waals surface area contributed by atoms with Gasteiger partial charge in [-0.3, -0.25) is 4.90 Å². The first-order valence-electron chi connectivity index (χ1n) is 11.6. The van der Waals surface area contributed by atoms with E-state index in [1.165, 1.54) is 43.2 Å². The van der Waals surface area contributed by atoms with Crippen LogP contribution in [0.1, 0.15) is 50.2 Å². The number of terminal acetylenes is 1. The number of carbonyl (C=O) groups is 2. The number of phenols is 1. The minimum Gasteiger partial charge on any atom is -0.508 e. The lowest BCUT2D eigenvalue weighted by atomic mass is 9.52. The van der Waals surface area contributed by atoms with Crippen LogP contribution in [0, 0.1) is 18.3 Å². The monoisotopic (exact) mass is 471 g/mol. The first kappa shape index (κ1) is 25.8. The lowest BCUT2D eigenvalue weighted by Gasteiger charge is -2.59. The highest BCUT2D eigenvalue weighted by molar-refractivity contribution is 5.83. The summed E-state index contributed by atoms with van der Waals surface area (Å²) in [6.45, 7) is 4.14. The second kappa shape index (κ2) is 10.6. The van der Waals surface area contributed by atoms with Crippen molar-refractivity contribution >= 4 is 11.9 Å². The van der Waals surface area contributed by atoms with Crippen LogP contribution in [-0.4, -0.2) is 73.7 Å². The number of hydrogen-bond donors (Lipinski definition) is 5. The van der Waals surface area contributed by atoms with Crippen LogP contribution in [0.25, 0.3) is 0 Å². The number of carboxylic acids is 2. The van der Waals surface area contributed by atoms with E-state index in [0.29, 0.717) is 17.2 Å². The van der Waals surface area contributed by atoms with Gasteiger partial charge in [-0.2, -0.15) is 0 Å². The fraction of sp³-hybridized carbons (Fsp3) is 0.538. The molecule has 1 aromatic rings. The largest absolute Gasteiger partial charge is 0.508 e. The fourth-order valence-corrected chi connectivity index (χ4v) is 5.88. The summed E-state index contributed by atoms with van der Waals surface area (Å²) in [4.78, 5) is 22.2. The van der Waals surface area contributed by atoms with Crippen molar-refractivity contribution < 1.29 is 35.1 Å². The van der Waals surface area contributed by atoms with Crippen molar-refractivity contribution in [3.63, 3.8) is 0 Å². The Bertz CT molecular complexity index is 979. The minimum atomic E-state index is -2.27. The molecule has 5 atom stereocenters. The van der Waals surface area contributed by atoms with Crippen molar-refractivity contribution in [2.75, 3.05) is 13.1 Å². The Balaban J connectivity index is 0.000000277. The maximum absolute atomic E-state index is 10.1. The minimum absolute atomic E-state index is 0.302. The summed E-state index contributed by atoms with van der Waals surface area (Å²) in [5.41, 5.74) is 4.25. The molecular weight excluding hydrogens is 438 g/mol. The van der Waals surface area contributed by atoms with Crippen molar-refractivity contribution in [2.24, 2.45) is 5.92 Å². The van der Waals surface area contributed by atoms with Crippen molar-refractivity contribution in [1.82, 2.24) is 4.90 Å². The number of aromatic hydroxyl groups is 1. The molecule has 1 saturated heterocycles. The van der Waals surface area contributed by atoms with E-state index in [2.05, 4.69) is 29.0 Å². The van der Waals surface area contributed by atoms with E-state index in [1.807, 2.05) is 13.0 Å². The van der Waals surface area contributed by atoms with Gasteiger partial charge in [0.05, 0.1) is 0 Å². The summed E-state index contributed by atoms with van der Waals surface area (Å²) >= 11 is 0. The highest BCUT2D eigenvalue weighted by Crippen LogP contribution is 2.56. The van der Waals surface area contributed by atoms with Crippen molar-refractivity contribution in [3.05, 3.63) is 41.0 Å². The quantitative estimate of drug-likeness (QED) is 0.411. The van der Waals surface area contributed by atoms with E-state index in [1.54, 1.807) is 0 Å². The van der Waals surface area contributed by atoms with Gasteiger partial charge in [0.15, 0.2) is 12.2 Å². The zero-order chi connectivity index (χ0) is 25.0. The maximum Gasteiger partial charge on any atom is 0.335 e. The normalized spacial score (nSPS) is 27.6. The number of hydrogen-bond acceptors (Lipinski definition) is 6. The molecule has 2 aliphatic carbocycles. The maximum atomic E-state index is 10.1. The zero-order valence-corrected chi connectivity index (χ0v) is 19.4. The molecule has 0 spiro atoms. The van der Waals surface area contributed by atoms with E-state index in [0.717, 1.165) is 31.0 Å². The van der Waals surface area contributed by atoms with Crippen molar-refractivity contribution in [1.29, 1.82) is 0 Å². The summed E-state index contributed by atoms with van der Waals surface area (Å²) in [7, 11) is 0. The molecule has 1 saturated carbocycles. The Kier molecular flexibility index (Phi) is 8.03. The number of nitrogens with zero attached hydrogens (tertiary/aromatic N) is 1. The van der Waals surface area contributed by atoms with Crippen molar-refractivity contribution in [2.45, 2.75) is 69.1 Å². The van der Waals surface area contributed by atoms with Crippen LogP contribution in [0.3, 0.4) is 0 Å². The highest BCUT2D eigenvalue weighted by atomic mass is 16.4. The van der Waals surface area contributed by atoms with Gasteiger partial charge in [-0.25, -0.2) is 9.59 Å². The first-order valence-corrected chi connectivity index (χ1v) is 11.6. The summed E-state index contributed by atoms with van der Waals surface area (Å²) in [6.07, 6.45) is 10.8. The molecule has 8 nitrogen and oxygen atoms in total. The molecule has 2 bridgehead atoms. The molecule has 2 fully saturated rings. The van der Waals surface area contributed by atoms with Crippen LogP contribution in [0.2, 0.25) is 0 Å². The topological polar surface area (TPSA) is 139 Å². The molecule has 3 aliphatic rings. The molecule has 5 N–H and O–H groups in total. The first-order chi connectivity index (χ1) is 16.1. The Morgan fingerprint density at radius 1 is 1.21 bits per heavy atom. The second-order valence-electron chi connectivity index (χ2n) is 9.46. The smallest absolute Gasteiger partial charge is 0.335 e. The highest BCUT2D eigenvalue weighted by Gasteiger charge is 2.53. The zero-order valence-electron chi connectivity index (χ0n) is 19.4. The molecule has 0 unspecified atom stereocenters. The van der Waals surface area contributed by atoms with Gasteiger partial charge < -0.3 is 25.5 Å².